The summed E-state index contributed by atoms with van der Waals surface area (Å²) in [5.74, 6) is -1.40. The Bertz CT molecular complexity index is 313. The van der Waals surface area contributed by atoms with Crippen molar-refractivity contribution < 1.29 is 19.5 Å². The van der Waals surface area contributed by atoms with Crippen LogP contribution in [0.5, 0.6) is 0 Å². The fourth-order valence-electron chi connectivity index (χ4n) is 1.08. The van der Waals surface area contributed by atoms with Crippen molar-refractivity contribution in [3.63, 3.8) is 0 Å². The van der Waals surface area contributed by atoms with E-state index in [0.717, 1.165) is 6.42 Å². The zero-order valence-corrected chi connectivity index (χ0v) is 11.2. The molecule has 3 N–H and O–H groups in total. The second-order valence-corrected chi connectivity index (χ2v) is 5.00. The number of carbonyl (C=O) groups excluding carboxylic acids is 2. The van der Waals surface area contributed by atoms with Crippen molar-refractivity contribution in [3.05, 3.63) is 0 Å². The molecule has 0 fully saturated rings. The summed E-state index contributed by atoms with van der Waals surface area (Å²) in [4.78, 5) is 32.9. The lowest BCUT2D eigenvalue weighted by Gasteiger charge is -2.22. The number of carboxylic acid groups (broad SMARTS) is 1. The van der Waals surface area contributed by atoms with E-state index in [2.05, 4.69) is 10.6 Å². The van der Waals surface area contributed by atoms with E-state index in [-0.39, 0.29) is 24.7 Å². The van der Waals surface area contributed by atoms with E-state index in [0.29, 0.717) is 6.54 Å². The van der Waals surface area contributed by atoms with Crippen LogP contribution in [-0.4, -0.2) is 29.6 Å². The number of aliphatic carboxylic acids is 1. The van der Waals surface area contributed by atoms with Crippen LogP contribution in [0.2, 0.25) is 0 Å². The summed E-state index contributed by atoms with van der Waals surface area (Å²) >= 11 is 0. The maximum Gasteiger partial charge on any atom is 0.321 e. The van der Waals surface area contributed by atoms with Gasteiger partial charge in [0.15, 0.2) is 0 Å². The topological polar surface area (TPSA) is 95.5 Å². The minimum absolute atomic E-state index is 0.0102. The molecule has 3 amide bonds. The number of nitrogens with one attached hydrogen (secondary N) is 2. The quantitative estimate of drug-likeness (QED) is 0.645. The lowest BCUT2D eigenvalue weighted by atomic mass is 9.90. The van der Waals surface area contributed by atoms with Crippen molar-refractivity contribution >= 4 is 17.9 Å². The first-order valence-corrected chi connectivity index (χ1v) is 6.06. The zero-order chi connectivity index (χ0) is 14.2. The summed E-state index contributed by atoms with van der Waals surface area (Å²) in [7, 11) is 0. The molecule has 0 radical (unpaired) electrons. The van der Waals surface area contributed by atoms with Crippen LogP contribution < -0.4 is 10.6 Å². The van der Waals surface area contributed by atoms with Gasteiger partial charge in [0.1, 0.15) is 0 Å². The van der Waals surface area contributed by atoms with E-state index < -0.39 is 17.9 Å². The van der Waals surface area contributed by atoms with Crippen LogP contribution in [0.15, 0.2) is 0 Å². The van der Waals surface area contributed by atoms with Crippen molar-refractivity contribution in [1.29, 1.82) is 0 Å². The zero-order valence-electron chi connectivity index (χ0n) is 11.2. The molecule has 0 aromatic heterocycles. The first kappa shape index (κ1) is 16.4. The van der Waals surface area contributed by atoms with Gasteiger partial charge in [-0.2, -0.15) is 0 Å². The maximum atomic E-state index is 11.4. The van der Waals surface area contributed by atoms with Gasteiger partial charge in [0.2, 0.25) is 5.91 Å². The van der Waals surface area contributed by atoms with E-state index in [4.69, 9.17) is 5.11 Å². The van der Waals surface area contributed by atoms with Gasteiger partial charge in [0.25, 0.3) is 0 Å². The van der Waals surface area contributed by atoms with Crippen molar-refractivity contribution in [3.8, 4) is 0 Å². The van der Waals surface area contributed by atoms with E-state index >= 15 is 0 Å². The highest BCUT2D eigenvalue weighted by Gasteiger charge is 2.16. The minimum atomic E-state index is -0.947. The molecule has 0 bridgehead atoms. The molecular weight excluding hydrogens is 236 g/mol. The number of carbonyl (C=O) groups is 3. The van der Waals surface area contributed by atoms with Crippen molar-refractivity contribution in [2.45, 2.75) is 46.5 Å². The van der Waals surface area contributed by atoms with E-state index in [1.165, 1.54) is 0 Å². The first-order chi connectivity index (χ1) is 8.26. The summed E-state index contributed by atoms with van der Waals surface area (Å²) in [6, 6.07) is -0.531. The number of hydrogen-bond acceptors (Lipinski definition) is 3. The molecule has 0 rings (SSSR count). The smallest absolute Gasteiger partial charge is 0.321 e. The Kier molecular flexibility index (Phi) is 7.00. The SMILES string of the molecule is CCC(C)(C)CNC(=O)NC(=O)CCCC(=O)O. The Morgan fingerprint density at radius 1 is 1.17 bits per heavy atom. The predicted molar refractivity (Wildman–Crippen MR) is 67.1 cm³/mol. The molecule has 6 nitrogen and oxygen atoms in total. The summed E-state index contributed by atoms with van der Waals surface area (Å²) in [5, 5.41) is 13.2. The number of rotatable bonds is 7. The normalized spacial score (nSPS) is 10.8. The van der Waals surface area contributed by atoms with Gasteiger partial charge in [-0.3, -0.25) is 14.9 Å². The highest BCUT2D eigenvalue weighted by atomic mass is 16.4. The van der Waals surface area contributed by atoms with Crippen molar-refractivity contribution in [2.24, 2.45) is 5.41 Å². The third-order valence-electron chi connectivity index (χ3n) is 2.73. The van der Waals surface area contributed by atoms with Gasteiger partial charge in [-0.15, -0.1) is 0 Å². The molecule has 6 heteroatoms. The molecule has 0 heterocycles. The predicted octanol–water partition coefficient (Wildman–Crippen LogP) is 1.50. The van der Waals surface area contributed by atoms with Gasteiger partial charge in [-0.05, 0) is 18.3 Å². The monoisotopic (exact) mass is 258 g/mol. The average Bonchev–Trinajstić information content (AvgIpc) is 2.26. The van der Waals surface area contributed by atoms with Crippen LogP contribution in [-0.2, 0) is 9.59 Å². The Morgan fingerprint density at radius 2 is 1.78 bits per heavy atom. The van der Waals surface area contributed by atoms with Crippen LogP contribution >= 0.6 is 0 Å². The fourth-order valence-corrected chi connectivity index (χ4v) is 1.08. The van der Waals surface area contributed by atoms with Gasteiger partial charge >= 0.3 is 12.0 Å². The summed E-state index contributed by atoms with van der Waals surface area (Å²) in [6.07, 6.45) is 1.11. The third-order valence-corrected chi connectivity index (χ3v) is 2.73. The highest BCUT2D eigenvalue weighted by molar-refractivity contribution is 5.94. The summed E-state index contributed by atoms with van der Waals surface area (Å²) < 4.78 is 0. The molecule has 0 saturated carbocycles. The molecule has 0 aliphatic rings. The number of hydrogen-bond donors (Lipinski definition) is 3. The van der Waals surface area contributed by atoms with Gasteiger partial charge in [0, 0.05) is 19.4 Å². The molecule has 104 valence electrons. The second-order valence-electron chi connectivity index (χ2n) is 5.00. The van der Waals surface area contributed by atoms with E-state index in [1.54, 1.807) is 0 Å². The standard InChI is InChI=1S/C12H22N2O4/c1-4-12(2,3)8-13-11(18)14-9(15)6-5-7-10(16)17/h4-8H2,1-3H3,(H,16,17)(H2,13,14,15,18). The van der Waals surface area contributed by atoms with Gasteiger partial charge < -0.3 is 10.4 Å². The van der Waals surface area contributed by atoms with Crippen molar-refractivity contribution in [1.82, 2.24) is 10.6 Å². The average molecular weight is 258 g/mol. The minimum Gasteiger partial charge on any atom is -0.481 e. The third kappa shape index (κ3) is 8.55. The Balaban J connectivity index is 3.81. The molecule has 0 unspecified atom stereocenters. The molecule has 0 atom stereocenters. The molecule has 0 aromatic rings. The molecule has 0 aliphatic carbocycles. The van der Waals surface area contributed by atoms with Crippen LogP contribution in [0.4, 0.5) is 4.79 Å². The van der Waals surface area contributed by atoms with Gasteiger partial charge in [-0.1, -0.05) is 20.8 Å². The Labute approximate surface area is 107 Å². The Hall–Kier alpha value is -1.59. The van der Waals surface area contributed by atoms with Gasteiger partial charge in [-0.25, -0.2) is 4.79 Å². The lowest BCUT2D eigenvalue weighted by Crippen LogP contribution is -2.43. The first-order valence-electron chi connectivity index (χ1n) is 6.06. The number of carboxylic acids is 1. The van der Waals surface area contributed by atoms with Crippen molar-refractivity contribution in [2.75, 3.05) is 6.54 Å². The van der Waals surface area contributed by atoms with Crippen LogP contribution in [0.3, 0.4) is 0 Å². The van der Waals surface area contributed by atoms with Gasteiger partial charge in [0.05, 0.1) is 0 Å². The van der Waals surface area contributed by atoms with Crippen LogP contribution in [0.25, 0.3) is 0 Å². The van der Waals surface area contributed by atoms with Crippen LogP contribution in [0.1, 0.15) is 46.5 Å². The van der Waals surface area contributed by atoms with Crippen LogP contribution in [0, 0.1) is 5.41 Å². The lowest BCUT2D eigenvalue weighted by molar-refractivity contribution is -0.137. The second kappa shape index (κ2) is 7.68. The molecule has 0 spiro atoms. The fraction of sp³-hybridized carbons (Fsp3) is 0.750. The Morgan fingerprint density at radius 3 is 2.28 bits per heavy atom. The molecular formula is C12H22N2O4. The highest BCUT2D eigenvalue weighted by Crippen LogP contribution is 2.17. The maximum absolute atomic E-state index is 11.4. The number of urea groups is 1. The molecule has 0 aromatic carbocycles. The molecule has 18 heavy (non-hydrogen) atoms. The van der Waals surface area contributed by atoms with E-state index in [1.807, 2.05) is 20.8 Å². The summed E-state index contributed by atoms with van der Waals surface area (Å²) in [6.45, 7) is 6.54. The molecule has 0 saturated heterocycles. The number of amides is 3. The van der Waals surface area contributed by atoms with E-state index in [9.17, 15) is 14.4 Å². The largest absolute Gasteiger partial charge is 0.481 e. The number of imide groups is 1. The molecule has 0 aliphatic heterocycles. The summed E-state index contributed by atoms with van der Waals surface area (Å²) in [5.41, 5.74) is -0.0102.